The fourth-order valence-corrected chi connectivity index (χ4v) is 3.43. The predicted molar refractivity (Wildman–Crippen MR) is 106 cm³/mol. The minimum absolute atomic E-state index is 0.0139. The van der Waals surface area contributed by atoms with Gasteiger partial charge in [0.25, 0.3) is 12.4 Å². The van der Waals surface area contributed by atoms with E-state index >= 15 is 0 Å². The van der Waals surface area contributed by atoms with Crippen molar-refractivity contribution in [2.75, 3.05) is 13.7 Å². The number of H-pyrrole nitrogens is 1. The van der Waals surface area contributed by atoms with Crippen LogP contribution in [0.3, 0.4) is 0 Å². The lowest BCUT2D eigenvalue weighted by Gasteiger charge is -2.32. The largest absolute Gasteiger partial charge is 0.497 e. The summed E-state index contributed by atoms with van der Waals surface area (Å²) < 4.78 is 5.25. The van der Waals surface area contributed by atoms with Crippen LogP contribution in [0.4, 0.5) is 0 Å². The molecule has 8 nitrogen and oxygen atoms in total. The topological polar surface area (TPSA) is 108 Å². The zero-order chi connectivity index (χ0) is 20.8. The number of rotatable bonds is 3. The van der Waals surface area contributed by atoms with Gasteiger partial charge in [0.2, 0.25) is 0 Å². The summed E-state index contributed by atoms with van der Waals surface area (Å²) in [5, 5.41) is 6.89. The molecule has 0 saturated carbocycles. The molecule has 0 radical (unpaired) electrons. The molecule has 4 rings (SSSR count). The van der Waals surface area contributed by atoms with Crippen LogP contribution >= 0.6 is 0 Å². The van der Waals surface area contributed by atoms with E-state index in [1.165, 1.54) is 0 Å². The zero-order valence-corrected chi connectivity index (χ0v) is 16.2. The number of pyridine rings is 1. The molecular weight excluding hydrogens is 372 g/mol. The van der Waals surface area contributed by atoms with Gasteiger partial charge in [0.05, 0.1) is 36.9 Å². The first-order valence-electron chi connectivity index (χ1n) is 9.02. The quantitative estimate of drug-likeness (QED) is 0.661. The first-order valence-corrected chi connectivity index (χ1v) is 9.02. The van der Waals surface area contributed by atoms with Gasteiger partial charge < -0.3 is 19.7 Å². The second kappa shape index (κ2) is 9.01. The molecule has 2 aromatic heterocycles. The molecule has 1 aromatic carbocycles. The third-order valence-electron chi connectivity index (χ3n) is 4.76. The predicted octanol–water partition coefficient (Wildman–Crippen LogP) is 2.61. The Hall–Kier alpha value is -3.68. The van der Waals surface area contributed by atoms with E-state index in [-0.39, 0.29) is 18.3 Å². The highest BCUT2D eigenvalue weighted by Crippen LogP contribution is 2.33. The lowest BCUT2D eigenvalue weighted by molar-refractivity contribution is -0.122. The van der Waals surface area contributed by atoms with E-state index < -0.39 is 0 Å². The number of hydrogen-bond donors (Lipinski definition) is 2. The van der Waals surface area contributed by atoms with Crippen molar-refractivity contribution >= 4 is 12.4 Å². The van der Waals surface area contributed by atoms with Crippen molar-refractivity contribution in [3.05, 3.63) is 77.1 Å². The first-order chi connectivity index (χ1) is 14.1. The molecule has 2 N–H and O–H groups in total. The lowest BCUT2D eigenvalue weighted by Crippen LogP contribution is -2.38. The van der Waals surface area contributed by atoms with Crippen LogP contribution in [-0.2, 0) is 11.3 Å². The number of aromatic amines is 1. The Balaban J connectivity index is 0.000000755. The number of imidazole rings is 1. The number of aromatic nitrogens is 3. The van der Waals surface area contributed by atoms with Gasteiger partial charge in [-0.3, -0.25) is 14.6 Å². The monoisotopic (exact) mass is 394 g/mol. The van der Waals surface area contributed by atoms with Gasteiger partial charge >= 0.3 is 0 Å². The Morgan fingerprint density at radius 3 is 2.69 bits per heavy atom. The molecule has 3 heterocycles. The van der Waals surface area contributed by atoms with E-state index in [1.54, 1.807) is 25.8 Å². The summed E-state index contributed by atoms with van der Waals surface area (Å²) in [6.07, 6.45) is 5.07. The maximum atomic E-state index is 13.0. The second-order valence-corrected chi connectivity index (χ2v) is 6.63. The highest BCUT2D eigenvalue weighted by molar-refractivity contribution is 5.94. The molecule has 150 valence electrons. The van der Waals surface area contributed by atoms with Gasteiger partial charge in [-0.15, -0.1) is 0 Å². The van der Waals surface area contributed by atoms with E-state index in [2.05, 4.69) is 15.0 Å². The number of aryl methyl sites for hydroxylation is 1. The van der Waals surface area contributed by atoms with Crippen LogP contribution in [0.15, 0.2) is 49.1 Å². The molecule has 8 heteroatoms. The van der Waals surface area contributed by atoms with Gasteiger partial charge in [-0.05, 0) is 36.2 Å². The number of fused-ring (bicyclic) bond motifs is 1. The summed E-state index contributed by atoms with van der Waals surface area (Å²) in [6, 6.07) is 9.81. The van der Waals surface area contributed by atoms with Crippen molar-refractivity contribution < 1.29 is 19.4 Å². The Labute approximate surface area is 168 Å². The fourth-order valence-electron chi connectivity index (χ4n) is 3.43. The number of nitrogens with zero attached hydrogens (tertiary/aromatic N) is 3. The Kier molecular flexibility index (Phi) is 6.23. The summed E-state index contributed by atoms with van der Waals surface area (Å²) in [4.78, 5) is 35.0. The van der Waals surface area contributed by atoms with Crippen LogP contribution in [-0.4, -0.2) is 51.0 Å². The van der Waals surface area contributed by atoms with Crippen molar-refractivity contribution in [3.8, 4) is 5.75 Å². The molecule has 1 aliphatic heterocycles. The third-order valence-corrected chi connectivity index (χ3v) is 4.76. The van der Waals surface area contributed by atoms with E-state index in [9.17, 15) is 4.79 Å². The van der Waals surface area contributed by atoms with E-state index in [4.69, 9.17) is 14.6 Å². The Morgan fingerprint density at radius 1 is 1.31 bits per heavy atom. The summed E-state index contributed by atoms with van der Waals surface area (Å²) in [7, 11) is 1.65. The highest BCUT2D eigenvalue weighted by atomic mass is 16.5. The van der Waals surface area contributed by atoms with Crippen LogP contribution in [0.25, 0.3) is 0 Å². The maximum absolute atomic E-state index is 13.0. The average molecular weight is 394 g/mol. The Morgan fingerprint density at radius 2 is 2.03 bits per heavy atom. The number of carboxylic acid groups (broad SMARTS) is 1. The number of methoxy groups -OCH3 is 1. The van der Waals surface area contributed by atoms with E-state index in [0.717, 1.165) is 28.3 Å². The molecule has 0 fully saturated rings. The minimum Gasteiger partial charge on any atom is -0.497 e. The van der Waals surface area contributed by atoms with Crippen LogP contribution in [0.5, 0.6) is 5.75 Å². The van der Waals surface area contributed by atoms with Gasteiger partial charge in [0, 0.05) is 24.9 Å². The molecule has 1 unspecified atom stereocenters. The van der Waals surface area contributed by atoms with Gasteiger partial charge in [-0.25, -0.2) is 4.98 Å². The number of benzene rings is 1. The molecule has 0 bridgehead atoms. The summed E-state index contributed by atoms with van der Waals surface area (Å²) >= 11 is 0. The first kappa shape index (κ1) is 20.1. The van der Waals surface area contributed by atoms with Crippen LogP contribution in [0.1, 0.15) is 38.8 Å². The number of amides is 1. The van der Waals surface area contributed by atoms with Crippen LogP contribution in [0.2, 0.25) is 0 Å². The van der Waals surface area contributed by atoms with Crippen LogP contribution in [0, 0.1) is 6.92 Å². The number of hydrogen-bond acceptors (Lipinski definition) is 5. The van der Waals surface area contributed by atoms with E-state index in [1.807, 2.05) is 42.2 Å². The number of carbonyl (C=O) groups excluding carboxylic acids is 1. The van der Waals surface area contributed by atoms with Crippen molar-refractivity contribution in [2.45, 2.75) is 19.4 Å². The molecule has 0 aliphatic carbocycles. The SMILES string of the molecule is COc1ccc(C2CN(C(=O)c3cncc(C)c3)Cc3[nH]cnc32)cc1.O=CO. The fraction of sp³-hybridized carbons (Fsp3) is 0.238. The highest BCUT2D eigenvalue weighted by Gasteiger charge is 2.31. The van der Waals surface area contributed by atoms with Gasteiger partial charge in [-0.1, -0.05) is 12.1 Å². The number of ether oxygens (including phenoxy) is 1. The van der Waals surface area contributed by atoms with Gasteiger partial charge in [0.15, 0.2) is 0 Å². The summed E-state index contributed by atoms with van der Waals surface area (Å²) in [6.45, 7) is 2.79. The van der Waals surface area contributed by atoms with E-state index in [0.29, 0.717) is 18.7 Å². The molecule has 0 spiro atoms. The number of nitrogens with one attached hydrogen (secondary N) is 1. The standard InChI is InChI=1S/C20H20N4O2.CH2O2/c1-13-7-15(9-21-8-13)20(25)24-10-17(19-18(11-24)22-12-23-19)14-3-5-16(26-2)6-4-14;2-1-3/h3-9,12,17H,10-11H2,1-2H3,(H,22,23);1H,(H,2,3). The summed E-state index contributed by atoms with van der Waals surface area (Å²) in [5.41, 5.74) is 4.68. The van der Waals surface area contributed by atoms with Gasteiger partial charge in [0.1, 0.15) is 5.75 Å². The maximum Gasteiger partial charge on any atom is 0.290 e. The molecule has 0 saturated heterocycles. The molecule has 29 heavy (non-hydrogen) atoms. The van der Waals surface area contributed by atoms with Gasteiger partial charge in [-0.2, -0.15) is 0 Å². The smallest absolute Gasteiger partial charge is 0.290 e. The molecule has 1 atom stereocenters. The lowest BCUT2D eigenvalue weighted by atomic mass is 9.90. The second-order valence-electron chi connectivity index (χ2n) is 6.63. The number of carbonyl (C=O) groups is 2. The zero-order valence-electron chi connectivity index (χ0n) is 16.2. The normalized spacial score (nSPS) is 15.0. The van der Waals surface area contributed by atoms with Crippen molar-refractivity contribution in [2.24, 2.45) is 0 Å². The summed E-state index contributed by atoms with van der Waals surface area (Å²) in [5.74, 6) is 0.822. The van der Waals surface area contributed by atoms with Crippen LogP contribution < -0.4 is 4.74 Å². The third kappa shape index (κ3) is 4.43. The molecular formula is C21H22N4O4. The Bertz CT molecular complexity index is 984. The van der Waals surface area contributed by atoms with Crippen molar-refractivity contribution in [1.82, 2.24) is 19.9 Å². The minimum atomic E-state index is -0.250. The molecule has 1 aliphatic rings. The average Bonchev–Trinajstić information content (AvgIpc) is 3.22. The van der Waals surface area contributed by atoms with Crippen molar-refractivity contribution in [3.63, 3.8) is 0 Å². The molecule has 3 aromatic rings. The molecule has 1 amide bonds. The van der Waals surface area contributed by atoms with Crippen molar-refractivity contribution in [1.29, 1.82) is 0 Å².